The van der Waals surface area contributed by atoms with Gasteiger partial charge in [0.15, 0.2) is 0 Å². The Morgan fingerprint density at radius 3 is 2.62 bits per heavy atom. The van der Waals surface area contributed by atoms with Crippen LogP contribution in [0.5, 0.6) is 11.5 Å². The third-order valence-electron chi connectivity index (χ3n) is 3.33. The average molecular weight is 285 g/mol. The van der Waals surface area contributed by atoms with E-state index in [2.05, 4.69) is 25.2 Å². The number of rotatable bonds is 7. The molecule has 2 N–H and O–H groups in total. The predicted octanol–water partition coefficient (Wildman–Crippen LogP) is 3.30. The van der Waals surface area contributed by atoms with Gasteiger partial charge in [-0.3, -0.25) is 0 Å². The first-order chi connectivity index (χ1) is 10.1. The summed E-state index contributed by atoms with van der Waals surface area (Å²) in [5.41, 5.74) is 2.42. The molecule has 0 aliphatic heterocycles. The third-order valence-corrected chi connectivity index (χ3v) is 3.33. The van der Waals surface area contributed by atoms with Crippen molar-refractivity contribution in [2.75, 3.05) is 13.2 Å². The summed E-state index contributed by atoms with van der Waals surface area (Å²) in [4.78, 5) is 0. The van der Waals surface area contributed by atoms with Crippen LogP contribution in [0.15, 0.2) is 48.5 Å². The highest BCUT2D eigenvalue weighted by molar-refractivity contribution is 5.27. The van der Waals surface area contributed by atoms with Crippen molar-refractivity contribution in [2.45, 2.75) is 26.3 Å². The van der Waals surface area contributed by atoms with E-state index < -0.39 is 0 Å². The molecule has 21 heavy (non-hydrogen) atoms. The zero-order chi connectivity index (χ0) is 15.1. The van der Waals surface area contributed by atoms with Crippen LogP contribution in [0.1, 0.15) is 18.1 Å². The lowest BCUT2D eigenvalue weighted by Gasteiger charge is -2.14. The van der Waals surface area contributed by atoms with Gasteiger partial charge in [-0.2, -0.15) is 0 Å². The number of phenols is 1. The summed E-state index contributed by atoms with van der Waals surface area (Å²) in [5, 5.41) is 12.7. The third kappa shape index (κ3) is 5.48. The van der Waals surface area contributed by atoms with Crippen molar-refractivity contribution in [3.05, 3.63) is 59.7 Å². The summed E-state index contributed by atoms with van der Waals surface area (Å²) >= 11 is 0. The molecular weight excluding hydrogens is 262 g/mol. The van der Waals surface area contributed by atoms with Crippen LogP contribution in [0.4, 0.5) is 0 Å². The maximum atomic E-state index is 9.26. The highest BCUT2D eigenvalue weighted by Gasteiger charge is 2.03. The maximum absolute atomic E-state index is 9.26. The molecule has 0 fully saturated rings. The van der Waals surface area contributed by atoms with Crippen molar-refractivity contribution in [1.82, 2.24) is 5.32 Å². The van der Waals surface area contributed by atoms with Crippen molar-refractivity contribution >= 4 is 0 Å². The van der Waals surface area contributed by atoms with E-state index in [0.717, 1.165) is 18.7 Å². The number of hydrogen-bond acceptors (Lipinski definition) is 3. The average Bonchev–Trinajstić information content (AvgIpc) is 2.46. The van der Waals surface area contributed by atoms with E-state index in [1.807, 2.05) is 30.3 Å². The van der Waals surface area contributed by atoms with Crippen molar-refractivity contribution in [3.63, 3.8) is 0 Å². The maximum Gasteiger partial charge on any atom is 0.119 e. The van der Waals surface area contributed by atoms with E-state index in [4.69, 9.17) is 4.74 Å². The van der Waals surface area contributed by atoms with Crippen LogP contribution in [0.2, 0.25) is 0 Å². The smallest absolute Gasteiger partial charge is 0.119 e. The molecule has 0 spiro atoms. The number of nitrogens with one attached hydrogen (secondary N) is 1. The monoisotopic (exact) mass is 285 g/mol. The Labute approximate surface area is 126 Å². The summed E-state index contributed by atoms with van der Waals surface area (Å²) in [5.74, 6) is 1.23. The normalized spacial score (nSPS) is 12.1. The van der Waals surface area contributed by atoms with Crippen LogP contribution in [-0.2, 0) is 6.42 Å². The van der Waals surface area contributed by atoms with Gasteiger partial charge in [0.2, 0.25) is 0 Å². The molecule has 112 valence electrons. The van der Waals surface area contributed by atoms with Gasteiger partial charge in [0.25, 0.3) is 0 Å². The molecule has 0 aromatic heterocycles. The lowest BCUT2D eigenvalue weighted by molar-refractivity contribution is 0.306. The highest BCUT2D eigenvalue weighted by atomic mass is 16.5. The molecule has 0 saturated heterocycles. The molecule has 0 radical (unpaired) electrons. The van der Waals surface area contributed by atoms with Crippen molar-refractivity contribution in [2.24, 2.45) is 0 Å². The van der Waals surface area contributed by atoms with Crippen LogP contribution in [0, 0.1) is 6.92 Å². The zero-order valence-electron chi connectivity index (χ0n) is 12.7. The van der Waals surface area contributed by atoms with E-state index in [9.17, 15) is 5.11 Å². The number of aromatic hydroxyl groups is 1. The number of hydrogen-bond donors (Lipinski definition) is 2. The predicted molar refractivity (Wildman–Crippen MR) is 85.9 cm³/mol. The molecule has 0 heterocycles. The minimum Gasteiger partial charge on any atom is -0.508 e. The lowest BCUT2D eigenvalue weighted by Crippen LogP contribution is -2.31. The molecule has 2 aromatic carbocycles. The van der Waals surface area contributed by atoms with Gasteiger partial charge in [0.05, 0.1) is 0 Å². The fourth-order valence-electron chi connectivity index (χ4n) is 2.24. The molecule has 1 unspecified atom stereocenters. The summed E-state index contributed by atoms with van der Waals surface area (Å²) in [6.45, 7) is 5.68. The van der Waals surface area contributed by atoms with E-state index in [0.29, 0.717) is 18.4 Å². The van der Waals surface area contributed by atoms with Crippen molar-refractivity contribution < 1.29 is 9.84 Å². The summed E-state index contributed by atoms with van der Waals surface area (Å²) in [6.07, 6.45) is 0.935. The SMILES string of the molecule is Cc1cccc(OCCNC(C)Cc2ccc(O)cc2)c1. The first-order valence-electron chi connectivity index (χ1n) is 7.34. The second kappa shape index (κ2) is 7.70. The molecule has 0 saturated carbocycles. The van der Waals surface area contributed by atoms with Gasteiger partial charge < -0.3 is 15.2 Å². The zero-order valence-corrected chi connectivity index (χ0v) is 12.7. The van der Waals surface area contributed by atoms with E-state index in [-0.39, 0.29) is 0 Å². The molecule has 1 atom stereocenters. The molecule has 2 rings (SSSR count). The van der Waals surface area contributed by atoms with Gasteiger partial charge in [-0.1, -0.05) is 24.3 Å². The highest BCUT2D eigenvalue weighted by Crippen LogP contribution is 2.12. The summed E-state index contributed by atoms with van der Waals surface area (Å²) in [6, 6.07) is 15.8. The fourth-order valence-corrected chi connectivity index (χ4v) is 2.24. The van der Waals surface area contributed by atoms with Gasteiger partial charge in [-0.25, -0.2) is 0 Å². The first kappa shape index (κ1) is 15.4. The Morgan fingerprint density at radius 1 is 1.14 bits per heavy atom. The Bertz CT molecular complexity index is 551. The molecule has 3 nitrogen and oxygen atoms in total. The molecule has 3 heteroatoms. The van der Waals surface area contributed by atoms with Crippen LogP contribution in [-0.4, -0.2) is 24.3 Å². The topological polar surface area (TPSA) is 41.5 Å². The number of ether oxygens (including phenoxy) is 1. The second-order valence-electron chi connectivity index (χ2n) is 5.39. The number of benzene rings is 2. The minimum atomic E-state index is 0.311. The molecule has 0 aliphatic carbocycles. The minimum absolute atomic E-state index is 0.311. The Balaban J connectivity index is 1.67. The van der Waals surface area contributed by atoms with Gasteiger partial charge in [0.1, 0.15) is 18.1 Å². The van der Waals surface area contributed by atoms with Gasteiger partial charge in [0, 0.05) is 12.6 Å². The quantitative estimate of drug-likeness (QED) is 0.767. The van der Waals surface area contributed by atoms with E-state index in [1.54, 1.807) is 12.1 Å². The summed E-state index contributed by atoms with van der Waals surface area (Å²) in [7, 11) is 0. The number of phenolic OH excluding ortho intramolecular Hbond substituents is 1. The van der Waals surface area contributed by atoms with Crippen molar-refractivity contribution in [3.8, 4) is 11.5 Å². The van der Waals surface area contributed by atoms with E-state index in [1.165, 1.54) is 11.1 Å². The van der Waals surface area contributed by atoms with Crippen molar-refractivity contribution in [1.29, 1.82) is 0 Å². The fraction of sp³-hybridized carbons (Fsp3) is 0.333. The van der Waals surface area contributed by atoms with Crippen LogP contribution in [0.3, 0.4) is 0 Å². The second-order valence-corrected chi connectivity index (χ2v) is 5.39. The lowest BCUT2D eigenvalue weighted by atomic mass is 10.1. The van der Waals surface area contributed by atoms with Gasteiger partial charge in [-0.05, 0) is 55.7 Å². The largest absolute Gasteiger partial charge is 0.508 e. The molecule has 0 amide bonds. The Kier molecular flexibility index (Phi) is 5.64. The Hall–Kier alpha value is -2.00. The first-order valence-corrected chi connectivity index (χ1v) is 7.34. The molecule has 2 aromatic rings. The van der Waals surface area contributed by atoms with Gasteiger partial charge >= 0.3 is 0 Å². The molecular formula is C18H23NO2. The number of aryl methyl sites for hydroxylation is 1. The van der Waals surface area contributed by atoms with Gasteiger partial charge in [-0.15, -0.1) is 0 Å². The van der Waals surface area contributed by atoms with Crippen LogP contribution < -0.4 is 10.1 Å². The molecule has 0 bridgehead atoms. The Morgan fingerprint density at radius 2 is 1.90 bits per heavy atom. The standard InChI is InChI=1S/C18H23NO2/c1-14-4-3-5-18(12-14)21-11-10-19-15(2)13-16-6-8-17(20)9-7-16/h3-9,12,15,19-20H,10-11,13H2,1-2H3. The van der Waals surface area contributed by atoms with E-state index >= 15 is 0 Å². The van der Waals surface area contributed by atoms with Crippen LogP contribution >= 0.6 is 0 Å². The van der Waals surface area contributed by atoms with Crippen LogP contribution in [0.25, 0.3) is 0 Å². The molecule has 0 aliphatic rings. The summed E-state index contributed by atoms with van der Waals surface area (Å²) < 4.78 is 5.71.